The van der Waals surface area contributed by atoms with Gasteiger partial charge >= 0.3 is 6.18 Å². The third kappa shape index (κ3) is 5.27. The van der Waals surface area contributed by atoms with E-state index in [4.69, 9.17) is 28.5 Å². The normalized spacial score (nSPS) is 13.1. The van der Waals surface area contributed by atoms with E-state index in [2.05, 4.69) is 5.32 Å². The van der Waals surface area contributed by atoms with Gasteiger partial charge in [0, 0.05) is 16.6 Å². The van der Waals surface area contributed by atoms with Crippen molar-refractivity contribution in [3.8, 4) is 6.07 Å². The van der Waals surface area contributed by atoms with E-state index in [1.54, 1.807) is 18.2 Å². The number of rotatable bonds is 5. The Labute approximate surface area is 119 Å². The molecule has 19 heavy (non-hydrogen) atoms. The molecule has 0 aliphatic heterocycles. The summed E-state index contributed by atoms with van der Waals surface area (Å²) in [6, 6.07) is 6.19. The predicted molar refractivity (Wildman–Crippen MR) is 68.2 cm³/mol. The summed E-state index contributed by atoms with van der Waals surface area (Å²) >= 11 is 11.7. The van der Waals surface area contributed by atoms with E-state index < -0.39 is 18.6 Å². The first-order valence-corrected chi connectivity index (χ1v) is 6.21. The molecule has 0 radical (unpaired) electrons. The van der Waals surface area contributed by atoms with E-state index >= 15 is 0 Å². The van der Waals surface area contributed by atoms with Crippen molar-refractivity contribution in [2.45, 2.75) is 12.6 Å². The molecule has 2 nitrogen and oxygen atoms in total. The summed E-state index contributed by atoms with van der Waals surface area (Å²) in [4.78, 5) is 0. The zero-order chi connectivity index (χ0) is 14.5. The van der Waals surface area contributed by atoms with E-state index in [0.29, 0.717) is 23.0 Å². The molecule has 1 atom stereocenters. The number of alkyl halides is 3. The van der Waals surface area contributed by atoms with Crippen LogP contribution in [0, 0.1) is 17.2 Å². The quantitative estimate of drug-likeness (QED) is 0.839. The maximum absolute atomic E-state index is 12.3. The van der Waals surface area contributed by atoms with Gasteiger partial charge in [-0.2, -0.15) is 18.4 Å². The van der Waals surface area contributed by atoms with Gasteiger partial charge in [0.1, 0.15) is 0 Å². The van der Waals surface area contributed by atoms with Crippen LogP contribution in [0.25, 0.3) is 0 Å². The van der Waals surface area contributed by atoms with Crippen molar-refractivity contribution in [2.24, 2.45) is 5.92 Å². The van der Waals surface area contributed by atoms with Crippen LogP contribution in [0.4, 0.5) is 13.2 Å². The summed E-state index contributed by atoms with van der Waals surface area (Å²) in [5, 5.41) is 12.0. The first-order chi connectivity index (χ1) is 8.84. The second kappa shape index (κ2) is 6.99. The highest BCUT2D eigenvalue weighted by Gasteiger charge is 2.39. The molecule has 104 valence electrons. The Bertz CT molecular complexity index is 469. The van der Waals surface area contributed by atoms with Crippen LogP contribution in [0.1, 0.15) is 5.56 Å². The minimum atomic E-state index is -4.50. The molecule has 1 aromatic rings. The van der Waals surface area contributed by atoms with Crippen LogP contribution in [-0.4, -0.2) is 19.3 Å². The third-order valence-electron chi connectivity index (χ3n) is 2.49. The lowest BCUT2D eigenvalue weighted by atomic mass is 10.1. The van der Waals surface area contributed by atoms with Gasteiger partial charge in [-0.3, -0.25) is 0 Å². The van der Waals surface area contributed by atoms with E-state index in [1.807, 2.05) is 0 Å². The number of nitriles is 1. The summed E-state index contributed by atoms with van der Waals surface area (Å²) in [7, 11) is 0. The molecule has 0 aromatic heterocycles. The summed E-state index contributed by atoms with van der Waals surface area (Å²) in [5.41, 5.74) is 0.791. The maximum Gasteiger partial charge on any atom is 0.405 e. The summed E-state index contributed by atoms with van der Waals surface area (Å²) in [6.07, 6.45) is -4.04. The van der Waals surface area contributed by atoms with E-state index in [1.165, 1.54) is 6.07 Å². The summed E-state index contributed by atoms with van der Waals surface area (Å²) in [6.45, 7) is -0.124. The van der Waals surface area contributed by atoms with Crippen molar-refractivity contribution in [1.82, 2.24) is 5.32 Å². The number of hydrogen-bond acceptors (Lipinski definition) is 2. The number of halogens is 5. The van der Waals surface area contributed by atoms with Crippen molar-refractivity contribution >= 4 is 23.2 Å². The van der Waals surface area contributed by atoms with Crippen molar-refractivity contribution < 1.29 is 13.2 Å². The number of nitrogens with one attached hydrogen (secondary N) is 1. The molecule has 1 N–H and O–H groups in total. The van der Waals surface area contributed by atoms with E-state index in [0.717, 1.165) is 5.56 Å². The van der Waals surface area contributed by atoms with Crippen LogP contribution in [0.3, 0.4) is 0 Å². The monoisotopic (exact) mass is 310 g/mol. The van der Waals surface area contributed by atoms with Crippen LogP contribution in [-0.2, 0) is 6.42 Å². The third-order valence-corrected chi connectivity index (χ3v) is 3.07. The predicted octanol–water partition coefficient (Wildman–Crippen LogP) is 3.83. The van der Waals surface area contributed by atoms with Gasteiger partial charge in [-0.25, -0.2) is 0 Å². The van der Waals surface area contributed by atoms with Crippen LogP contribution >= 0.6 is 23.2 Å². The number of nitrogens with zero attached hydrogens (tertiary/aromatic N) is 1. The van der Waals surface area contributed by atoms with Gasteiger partial charge in [0.2, 0.25) is 0 Å². The van der Waals surface area contributed by atoms with Crippen molar-refractivity contribution in [2.75, 3.05) is 13.1 Å². The second-order valence-electron chi connectivity index (χ2n) is 3.91. The molecule has 0 amide bonds. The molecule has 0 saturated heterocycles. The number of benzene rings is 1. The molecular weight excluding hydrogens is 300 g/mol. The Balaban J connectivity index is 2.41. The largest absolute Gasteiger partial charge is 0.405 e. The van der Waals surface area contributed by atoms with Gasteiger partial charge in [0.05, 0.1) is 6.07 Å². The lowest BCUT2D eigenvalue weighted by Crippen LogP contribution is -2.33. The Morgan fingerprint density at radius 1 is 1.32 bits per heavy atom. The summed E-state index contributed by atoms with van der Waals surface area (Å²) < 4.78 is 36.8. The Kier molecular flexibility index (Phi) is 5.92. The van der Waals surface area contributed by atoms with Crippen LogP contribution in [0.2, 0.25) is 10.0 Å². The first-order valence-electron chi connectivity index (χ1n) is 5.45. The molecule has 0 bridgehead atoms. The Hall–Kier alpha value is -0.960. The van der Waals surface area contributed by atoms with E-state index in [-0.39, 0.29) is 0 Å². The Morgan fingerprint density at radius 3 is 2.53 bits per heavy atom. The second-order valence-corrected chi connectivity index (χ2v) is 4.76. The topological polar surface area (TPSA) is 35.8 Å². The standard InChI is InChI=1S/C12H11Cl2F3N2/c13-10-2-1-8(11(14)5-10)3-4-19-7-9(6-18)12(15,16)17/h1-2,5,9,19H,3-4,7H2. The average molecular weight is 311 g/mol. The van der Waals surface area contributed by atoms with Crippen molar-refractivity contribution in [3.05, 3.63) is 33.8 Å². The molecule has 0 aliphatic rings. The molecular formula is C12H11Cl2F3N2. The first kappa shape index (κ1) is 16.1. The van der Waals surface area contributed by atoms with Crippen molar-refractivity contribution in [3.63, 3.8) is 0 Å². The van der Waals surface area contributed by atoms with Crippen molar-refractivity contribution in [1.29, 1.82) is 5.26 Å². The van der Waals surface area contributed by atoms with Gasteiger partial charge in [-0.1, -0.05) is 29.3 Å². The molecule has 0 heterocycles. The minimum absolute atomic E-state index is 0.301. The fourth-order valence-corrected chi connectivity index (χ4v) is 1.93. The molecule has 1 rings (SSSR count). The SMILES string of the molecule is N#CC(CNCCc1ccc(Cl)cc1Cl)C(F)(F)F. The minimum Gasteiger partial charge on any atom is -0.315 e. The zero-order valence-electron chi connectivity index (χ0n) is 9.77. The Morgan fingerprint density at radius 2 is 2.00 bits per heavy atom. The maximum atomic E-state index is 12.3. The fourth-order valence-electron chi connectivity index (χ4n) is 1.43. The van der Waals surface area contributed by atoms with Gasteiger partial charge in [-0.15, -0.1) is 0 Å². The number of hydrogen-bond donors (Lipinski definition) is 1. The van der Waals surface area contributed by atoms with Crippen LogP contribution in [0.15, 0.2) is 18.2 Å². The molecule has 1 unspecified atom stereocenters. The molecule has 0 aliphatic carbocycles. The molecule has 0 spiro atoms. The average Bonchev–Trinajstić information content (AvgIpc) is 2.29. The smallest absolute Gasteiger partial charge is 0.315 e. The van der Waals surface area contributed by atoms with Gasteiger partial charge in [-0.05, 0) is 30.7 Å². The van der Waals surface area contributed by atoms with Gasteiger partial charge in [0.15, 0.2) is 5.92 Å². The molecule has 0 saturated carbocycles. The lowest BCUT2D eigenvalue weighted by molar-refractivity contribution is -0.157. The highest BCUT2D eigenvalue weighted by Crippen LogP contribution is 2.25. The molecule has 0 fully saturated rings. The zero-order valence-corrected chi connectivity index (χ0v) is 11.3. The summed E-state index contributed by atoms with van der Waals surface area (Å²) in [5.74, 6) is -1.99. The van der Waals surface area contributed by atoms with Crippen LogP contribution < -0.4 is 5.32 Å². The molecule has 1 aromatic carbocycles. The fraction of sp³-hybridized carbons (Fsp3) is 0.417. The highest BCUT2D eigenvalue weighted by molar-refractivity contribution is 6.35. The lowest BCUT2D eigenvalue weighted by Gasteiger charge is -2.14. The highest BCUT2D eigenvalue weighted by atomic mass is 35.5. The van der Waals surface area contributed by atoms with Gasteiger partial charge < -0.3 is 5.32 Å². The van der Waals surface area contributed by atoms with Crippen LogP contribution in [0.5, 0.6) is 0 Å². The van der Waals surface area contributed by atoms with Gasteiger partial charge in [0.25, 0.3) is 0 Å². The molecule has 7 heteroatoms. The van der Waals surface area contributed by atoms with E-state index in [9.17, 15) is 13.2 Å².